The third-order valence-electron chi connectivity index (χ3n) is 5.18. The molecular weight excluding hydrogens is 468 g/mol. The predicted octanol–water partition coefficient (Wildman–Crippen LogP) is 2.98. The number of hydrogen-bond acceptors (Lipinski definition) is 9. The Labute approximate surface area is 202 Å². The van der Waals surface area contributed by atoms with E-state index >= 15 is 0 Å². The lowest BCUT2D eigenvalue weighted by Gasteiger charge is -2.09. The summed E-state index contributed by atoms with van der Waals surface area (Å²) in [6.07, 6.45) is 3.11. The monoisotopic (exact) mass is 492 g/mol. The number of aliphatic imine (C=N–C) groups is 1. The average Bonchev–Trinajstić information content (AvgIpc) is 3.35. The van der Waals surface area contributed by atoms with E-state index in [0.717, 1.165) is 0 Å². The minimum Gasteiger partial charge on any atom is -0.382 e. The van der Waals surface area contributed by atoms with Crippen molar-refractivity contribution in [2.75, 3.05) is 18.1 Å². The lowest BCUT2D eigenvalue weighted by atomic mass is 10.1. The highest BCUT2D eigenvalue weighted by Gasteiger charge is 2.20. The van der Waals surface area contributed by atoms with Crippen molar-refractivity contribution in [3.8, 4) is 34.1 Å². The maximum Gasteiger partial charge on any atom is 0.192 e. The molecule has 0 fully saturated rings. The number of aromatic nitrogens is 4. The Bertz CT molecular complexity index is 1480. The number of rotatable bonds is 6. The molecule has 0 aliphatic carbocycles. The first kappa shape index (κ1) is 23.8. The van der Waals surface area contributed by atoms with E-state index in [-0.39, 0.29) is 16.7 Å². The van der Waals surface area contributed by atoms with Crippen molar-refractivity contribution >= 4 is 27.3 Å². The molecule has 4 rings (SSSR count). The predicted molar refractivity (Wildman–Crippen MR) is 134 cm³/mol. The van der Waals surface area contributed by atoms with Crippen LogP contribution < -0.4 is 16.8 Å². The van der Waals surface area contributed by atoms with Crippen molar-refractivity contribution in [3.05, 3.63) is 54.9 Å². The van der Waals surface area contributed by atoms with Crippen LogP contribution >= 0.6 is 0 Å². The van der Waals surface area contributed by atoms with Gasteiger partial charge in [-0.3, -0.25) is 9.98 Å². The van der Waals surface area contributed by atoms with Gasteiger partial charge in [-0.2, -0.15) is 0 Å². The maximum absolute atomic E-state index is 12.4. The molecule has 0 spiro atoms. The van der Waals surface area contributed by atoms with E-state index in [1.54, 1.807) is 69.6 Å². The van der Waals surface area contributed by atoms with Gasteiger partial charge in [0.1, 0.15) is 5.69 Å². The summed E-state index contributed by atoms with van der Waals surface area (Å²) >= 11 is 0. The molecule has 5 N–H and O–H groups in total. The second-order valence-electron chi connectivity index (χ2n) is 7.85. The molecule has 0 saturated carbocycles. The molecule has 11 nitrogen and oxygen atoms in total. The third-order valence-corrected chi connectivity index (χ3v) is 7.35. The van der Waals surface area contributed by atoms with Gasteiger partial charge in [0.05, 0.1) is 39.6 Å². The topological polar surface area (TPSA) is 175 Å². The number of benzene rings is 1. The minimum absolute atomic E-state index is 0.164. The summed E-state index contributed by atoms with van der Waals surface area (Å²) in [6.45, 7) is 3.29. The highest BCUT2D eigenvalue weighted by atomic mass is 32.2. The fourth-order valence-electron chi connectivity index (χ4n) is 3.14. The largest absolute Gasteiger partial charge is 0.382 e. The number of pyridine rings is 1. The molecule has 0 radical (unpaired) electrons. The summed E-state index contributed by atoms with van der Waals surface area (Å²) in [5.41, 5.74) is 14.9. The van der Waals surface area contributed by atoms with Gasteiger partial charge in [-0.05, 0) is 38.1 Å². The minimum atomic E-state index is -3.37. The van der Waals surface area contributed by atoms with Gasteiger partial charge in [0.2, 0.25) is 0 Å². The molecule has 0 saturated heterocycles. The molecule has 180 valence electrons. The van der Waals surface area contributed by atoms with Gasteiger partial charge < -0.3 is 21.3 Å². The van der Waals surface area contributed by atoms with Crippen molar-refractivity contribution < 1.29 is 12.9 Å². The molecule has 1 aromatic carbocycles. The maximum atomic E-state index is 12.4. The molecule has 0 atom stereocenters. The molecule has 0 unspecified atom stereocenters. The number of guanidine groups is 1. The zero-order chi connectivity index (χ0) is 25.2. The van der Waals surface area contributed by atoms with Gasteiger partial charge in [0.25, 0.3) is 0 Å². The smallest absolute Gasteiger partial charge is 0.192 e. The molecule has 0 aliphatic heterocycles. The zero-order valence-corrected chi connectivity index (χ0v) is 20.1. The van der Waals surface area contributed by atoms with Crippen molar-refractivity contribution in [2.24, 2.45) is 10.7 Å². The van der Waals surface area contributed by atoms with Crippen LogP contribution in [0.25, 0.3) is 34.1 Å². The van der Waals surface area contributed by atoms with E-state index in [1.165, 1.54) is 6.20 Å². The lowest BCUT2D eigenvalue weighted by molar-refractivity contribution is 0.433. The molecule has 0 aliphatic rings. The number of nitrogens with one attached hydrogen (secondary N) is 1. The van der Waals surface area contributed by atoms with Gasteiger partial charge in [0, 0.05) is 18.7 Å². The first-order valence-corrected chi connectivity index (χ1v) is 12.1. The Hall–Kier alpha value is -4.32. The number of nitrogen functional groups attached to an aromatic ring is 1. The van der Waals surface area contributed by atoms with Gasteiger partial charge >= 0.3 is 0 Å². The molecule has 35 heavy (non-hydrogen) atoms. The van der Waals surface area contributed by atoms with Crippen LogP contribution in [0.4, 0.5) is 11.5 Å². The summed E-state index contributed by atoms with van der Waals surface area (Å²) < 4.78 is 30.2. The first-order chi connectivity index (χ1) is 16.7. The Morgan fingerprint density at radius 1 is 1.03 bits per heavy atom. The van der Waals surface area contributed by atoms with Crippen LogP contribution in [0.1, 0.15) is 13.8 Å². The lowest BCUT2D eigenvalue weighted by Crippen LogP contribution is -2.21. The average molecular weight is 493 g/mol. The number of sulfone groups is 1. The van der Waals surface area contributed by atoms with Crippen molar-refractivity contribution in [1.82, 2.24) is 20.1 Å². The Morgan fingerprint density at radius 2 is 1.77 bits per heavy atom. The van der Waals surface area contributed by atoms with Crippen LogP contribution in [0.15, 0.2) is 69.3 Å². The van der Waals surface area contributed by atoms with Crippen molar-refractivity contribution in [2.45, 2.75) is 24.0 Å². The van der Waals surface area contributed by atoms with Gasteiger partial charge in [-0.15, -0.1) is 0 Å². The molecule has 3 heterocycles. The summed E-state index contributed by atoms with van der Waals surface area (Å²) in [4.78, 5) is 17.2. The summed E-state index contributed by atoms with van der Waals surface area (Å²) in [5, 5.41) is 6.46. The van der Waals surface area contributed by atoms with E-state index in [4.69, 9.17) is 16.0 Å². The molecule has 0 amide bonds. The molecule has 12 heteroatoms. The van der Waals surface area contributed by atoms with E-state index in [2.05, 4.69) is 30.4 Å². The van der Waals surface area contributed by atoms with Gasteiger partial charge in [0.15, 0.2) is 33.1 Å². The van der Waals surface area contributed by atoms with Crippen molar-refractivity contribution in [3.63, 3.8) is 0 Å². The first-order valence-electron chi connectivity index (χ1n) is 10.6. The normalized spacial score (nSPS) is 12.2. The number of nitrogens with zero attached hydrogens (tertiary/aromatic N) is 5. The van der Waals surface area contributed by atoms with Gasteiger partial charge in [-0.1, -0.05) is 17.3 Å². The summed E-state index contributed by atoms with van der Waals surface area (Å²) in [5.74, 6) is 0.753. The quantitative estimate of drug-likeness (QED) is 0.268. The highest BCUT2D eigenvalue weighted by Crippen LogP contribution is 2.30. The summed E-state index contributed by atoms with van der Waals surface area (Å²) in [7, 11) is -1.79. The number of hydrogen-bond donors (Lipinski definition) is 3. The van der Waals surface area contributed by atoms with E-state index in [1.807, 2.05) is 0 Å². The van der Waals surface area contributed by atoms with Crippen LogP contribution in [0, 0.1) is 0 Å². The molecule has 3 aromatic heterocycles. The molecule has 0 bridgehead atoms. The van der Waals surface area contributed by atoms with Crippen LogP contribution in [0.3, 0.4) is 0 Å². The number of anilines is 2. The third kappa shape index (κ3) is 4.96. The van der Waals surface area contributed by atoms with Crippen LogP contribution in [-0.4, -0.2) is 46.8 Å². The van der Waals surface area contributed by atoms with E-state index in [9.17, 15) is 8.42 Å². The number of nitrogens with two attached hydrogens (primary N) is 2. The second-order valence-corrected chi connectivity index (χ2v) is 10.4. The second kappa shape index (κ2) is 9.50. The van der Waals surface area contributed by atoms with E-state index in [0.29, 0.717) is 39.8 Å². The fraction of sp³-hybridized carbons (Fsp3) is 0.174. The van der Waals surface area contributed by atoms with Gasteiger partial charge in [-0.25, -0.2) is 18.4 Å². The zero-order valence-electron chi connectivity index (χ0n) is 19.3. The SMILES string of the molecule is CN=C(N)Nc1ccc(-c2cc(-c3nc(-c4ccc(S(=O)(=O)C(C)C)cc4)cnc3N)on2)nc1. The van der Waals surface area contributed by atoms with Crippen LogP contribution in [0.5, 0.6) is 0 Å². The standard InChI is InChI=1S/C23H24N8O3S/c1-13(2)35(32,33)16-7-4-14(5-8-16)19-12-28-22(24)21(30-19)20-10-18(31-34-20)17-9-6-15(11-27-17)29-23(25)26-3/h4-13H,1-3H3,(H2,24,28)(H3,25,26,29). The highest BCUT2D eigenvalue weighted by molar-refractivity contribution is 7.92. The summed E-state index contributed by atoms with van der Waals surface area (Å²) in [6, 6.07) is 11.7. The Morgan fingerprint density at radius 3 is 2.40 bits per heavy atom. The van der Waals surface area contributed by atoms with Crippen LogP contribution in [0.2, 0.25) is 0 Å². The Kier molecular flexibility index (Phi) is 6.47. The molecule has 4 aromatic rings. The van der Waals surface area contributed by atoms with E-state index < -0.39 is 15.1 Å². The van der Waals surface area contributed by atoms with Crippen molar-refractivity contribution in [1.29, 1.82) is 0 Å². The van der Waals surface area contributed by atoms with Crippen LogP contribution in [-0.2, 0) is 9.84 Å². The fourth-order valence-corrected chi connectivity index (χ4v) is 4.20. The Balaban J connectivity index is 1.61. The molecular formula is C23H24N8O3S.